The molecule has 0 radical (unpaired) electrons. The first kappa shape index (κ1) is 15.5. The minimum absolute atomic E-state index is 0.205. The fraction of sp³-hybridized carbons (Fsp3) is 0.385. The molecule has 104 valence electrons. The molecule has 0 heterocycles. The lowest BCUT2D eigenvalue weighted by atomic mass is 10.1. The van der Waals surface area contributed by atoms with Gasteiger partial charge in [-0.05, 0) is 24.6 Å². The van der Waals surface area contributed by atoms with Crippen LogP contribution in [-0.4, -0.2) is 17.9 Å². The zero-order chi connectivity index (χ0) is 14.4. The van der Waals surface area contributed by atoms with Crippen LogP contribution < -0.4 is 16.4 Å². The fourth-order valence-electron chi connectivity index (χ4n) is 1.56. The van der Waals surface area contributed by atoms with Gasteiger partial charge >= 0.3 is 0 Å². The standard InChI is InChI=1S/C13H18ClN3O2/c1-3-4-11(15)13(19)17-9-5-6-12(10(14)7-9)16-8(2)18/h5-7,11H,3-4,15H2,1-2H3,(H,16,18)(H,17,19)/t11-/m0/s1. The largest absolute Gasteiger partial charge is 0.325 e. The van der Waals surface area contributed by atoms with Crippen LogP contribution in [0.5, 0.6) is 0 Å². The van der Waals surface area contributed by atoms with E-state index in [1.807, 2.05) is 6.92 Å². The van der Waals surface area contributed by atoms with Crippen LogP contribution >= 0.6 is 11.6 Å². The average Bonchev–Trinajstić information content (AvgIpc) is 2.32. The Morgan fingerprint density at radius 2 is 2.05 bits per heavy atom. The van der Waals surface area contributed by atoms with Crippen molar-refractivity contribution in [1.29, 1.82) is 0 Å². The molecule has 0 saturated carbocycles. The van der Waals surface area contributed by atoms with E-state index in [2.05, 4.69) is 10.6 Å². The minimum atomic E-state index is -0.529. The lowest BCUT2D eigenvalue weighted by Gasteiger charge is -2.12. The van der Waals surface area contributed by atoms with Crippen molar-refractivity contribution >= 4 is 34.8 Å². The number of anilines is 2. The molecule has 0 aliphatic carbocycles. The third-order valence-corrected chi connectivity index (χ3v) is 2.80. The topological polar surface area (TPSA) is 84.2 Å². The van der Waals surface area contributed by atoms with Gasteiger partial charge < -0.3 is 16.4 Å². The monoisotopic (exact) mass is 283 g/mol. The summed E-state index contributed by atoms with van der Waals surface area (Å²) in [5.41, 5.74) is 6.76. The van der Waals surface area contributed by atoms with Gasteiger partial charge in [0.25, 0.3) is 0 Å². The number of nitrogens with two attached hydrogens (primary N) is 1. The summed E-state index contributed by atoms with van der Waals surface area (Å²) in [6.07, 6.45) is 1.47. The summed E-state index contributed by atoms with van der Waals surface area (Å²) in [6.45, 7) is 3.36. The van der Waals surface area contributed by atoms with E-state index < -0.39 is 6.04 Å². The van der Waals surface area contributed by atoms with Gasteiger partial charge in [-0.15, -0.1) is 0 Å². The average molecular weight is 284 g/mol. The molecule has 1 rings (SSSR count). The summed E-state index contributed by atoms with van der Waals surface area (Å²) in [5, 5.41) is 5.63. The maximum absolute atomic E-state index is 11.7. The molecule has 5 nitrogen and oxygen atoms in total. The van der Waals surface area contributed by atoms with E-state index >= 15 is 0 Å². The highest BCUT2D eigenvalue weighted by Gasteiger charge is 2.13. The molecule has 19 heavy (non-hydrogen) atoms. The molecule has 0 bridgehead atoms. The number of amides is 2. The highest BCUT2D eigenvalue weighted by Crippen LogP contribution is 2.25. The number of halogens is 1. The van der Waals surface area contributed by atoms with Gasteiger partial charge in [-0.2, -0.15) is 0 Å². The molecule has 1 aromatic rings. The first-order valence-electron chi connectivity index (χ1n) is 6.07. The van der Waals surface area contributed by atoms with Crippen molar-refractivity contribution in [3.8, 4) is 0 Å². The first-order valence-corrected chi connectivity index (χ1v) is 6.45. The number of nitrogens with one attached hydrogen (secondary N) is 2. The van der Waals surface area contributed by atoms with E-state index in [0.717, 1.165) is 6.42 Å². The molecule has 0 fully saturated rings. The van der Waals surface area contributed by atoms with Gasteiger partial charge in [-0.3, -0.25) is 9.59 Å². The Balaban J connectivity index is 2.73. The van der Waals surface area contributed by atoms with Crippen molar-refractivity contribution in [3.05, 3.63) is 23.2 Å². The minimum Gasteiger partial charge on any atom is -0.325 e. The summed E-state index contributed by atoms with van der Waals surface area (Å²) >= 11 is 6.00. The zero-order valence-corrected chi connectivity index (χ0v) is 11.8. The van der Waals surface area contributed by atoms with Crippen LogP contribution in [0.4, 0.5) is 11.4 Å². The number of rotatable bonds is 5. The third-order valence-electron chi connectivity index (χ3n) is 2.48. The first-order chi connectivity index (χ1) is 8.93. The molecule has 1 atom stereocenters. The Hall–Kier alpha value is -1.59. The lowest BCUT2D eigenvalue weighted by molar-refractivity contribution is -0.117. The Kier molecular flexibility index (Phi) is 5.79. The predicted molar refractivity (Wildman–Crippen MR) is 77.3 cm³/mol. The predicted octanol–water partition coefficient (Wildman–Crippen LogP) is 2.36. The zero-order valence-electron chi connectivity index (χ0n) is 11.0. The van der Waals surface area contributed by atoms with Crippen molar-refractivity contribution in [1.82, 2.24) is 0 Å². The second kappa shape index (κ2) is 7.11. The van der Waals surface area contributed by atoms with E-state index in [9.17, 15) is 9.59 Å². The second-order valence-corrected chi connectivity index (χ2v) is 4.67. The smallest absolute Gasteiger partial charge is 0.241 e. The van der Waals surface area contributed by atoms with Gasteiger partial charge in [-0.25, -0.2) is 0 Å². The summed E-state index contributed by atoms with van der Waals surface area (Å²) in [7, 11) is 0. The number of hydrogen-bond acceptors (Lipinski definition) is 3. The Labute approximate surface area is 117 Å². The van der Waals surface area contributed by atoms with Crippen molar-refractivity contribution in [2.45, 2.75) is 32.7 Å². The van der Waals surface area contributed by atoms with E-state index in [-0.39, 0.29) is 11.8 Å². The summed E-state index contributed by atoms with van der Waals surface area (Å²) in [5.74, 6) is -0.450. The maximum Gasteiger partial charge on any atom is 0.241 e. The van der Waals surface area contributed by atoms with Crippen LogP contribution in [0.2, 0.25) is 5.02 Å². The molecule has 0 unspecified atom stereocenters. The third kappa shape index (κ3) is 4.89. The molecule has 6 heteroatoms. The highest BCUT2D eigenvalue weighted by atomic mass is 35.5. The van der Waals surface area contributed by atoms with E-state index in [4.69, 9.17) is 17.3 Å². The number of carbonyl (C=O) groups excluding carboxylic acids is 2. The normalized spacial score (nSPS) is 11.8. The fourth-order valence-corrected chi connectivity index (χ4v) is 1.79. The van der Waals surface area contributed by atoms with Gasteiger partial charge in [0.15, 0.2) is 0 Å². The van der Waals surface area contributed by atoms with Crippen molar-refractivity contribution in [2.75, 3.05) is 10.6 Å². The SMILES string of the molecule is CCC[C@H](N)C(=O)Nc1ccc(NC(C)=O)c(Cl)c1. The Morgan fingerprint density at radius 1 is 1.37 bits per heavy atom. The number of benzene rings is 1. The molecule has 0 aliphatic heterocycles. The maximum atomic E-state index is 11.7. The van der Waals surface area contributed by atoms with Crippen LogP contribution in [-0.2, 0) is 9.59 Å². The summed E-state index contributed by atoms with van der Waals surface area (Å²) in [6, 6.07) is 4.33. The molecule has 0 aliphatic rings. The van der Waals surface area contributed by atoms with Crippen LogP contribution in [0.1, 0.15) is 26.7 Å². The van der Waals surface area contributed by atoms with Gasteiger partial charge in [0.1, 0.15) is 0 Å². The van der Waals surface area contributed by atoms with Crippen LogP contribution in [0, 0.1) is 0 Å². The van der Waals surface area contributed by atoms with Gasteiger partial charge in [0, 0.05) is 12.6 Å². The molecule has 0 saturated heterocycles. The molecule has 2 amide bonds. The van der Waals surface area contributed by atoms with E-state index in [1.165, 1.54) is 6.92 Å². The molecular weight excluding hydrogens is 266 g/mol. The lowest BCUT2D eigenvalue weighted by Crippen LogP contribution is -2.35. The van der Waals surface area contributed by atoms with Crippen LogP contribution in [0.3, 0.4) is 0 Å². The van der Waals surface area contributed by atoms with E-state index in [1.54, 1.807) is 18.2 Å². The van der Waals surface area contributed by atoms with Gasteiger partial charge in [0.2, 0.25) is 11.8 Å². The van der Waals surface area contributed by atoms with E-state index in [0.29, 0.717) is 22.8 Å². The molecular formula is C13H18ClN3O2. The van der Waals surface area contributed by atoms with Crippen molar-refractivity contribution in [3.63, 3.8) is 0 Å². The van der Waals surface area contributed by atoms with Crippen molar-refractivity contribution in [2.24, 2.45) is 5.73 Å². The van der Waals surface area contributed by atoms with Crippen LogP contribution in [0.15, 0.2) is 18.2 Å². The quantitative estimate of drug-likeness (QED) is 0.775. The molecule has 0 spiro atoms. The molecule has 1 aromatic carbocycles. The Morgan fingerprint density at radius 3 is 2.58 bits per heavy atom. The summed E-state index contributed by atoms with van der Waals surface area (Å²) < 4.78 is 0. The number of carbonyl (C=O) groups is 2. The van der Waals surface area contributed by atoms with Crippen molar-refractivity contribution < 1.29 is 9.59 Å². The van der Waals surface area contributed by atoms with Gasteiger partial charge in [0.05, 0.1) is 16.8 Å². The molecule has 4 N–H and O–H groups in total. The van der Waals surface area contributed by atoms with Gasteiger partial charge in [-0.1, -0.05) is 24.9 Å². The highest BCUT2D eigenvalue weighted by molar-refractivity contribution is 6.34. The molecule has 0 aromatic heterocycles. The number of hydrogen-bond donors (Lipinski definition) is 3. The van der Waals surface area contributed by atoms with Crippen LogP contribution in [0.25, 0.3) is 0 Å². The Bertz CT molecular complexity index is 477. The summed E-state index contributed by atoms with van der Waals surface area (Å²) in [4.78, 5) is 22.7. The second-order valence-electron chi connectivity index (χ2n) is 4.26.